The monoisotopic (exact) mass is 396 g/mol. The Morgan fingerprint density at radius 3 is 2.92 bits per heavy atom. The molecule has 3 heterocycles. The minimum Gasteiger partial charge on any atom is -0.367 e. The fraction of sp³-hybridized carbons (Fsp3) is 0.235. The molecule has 0 amide bonds. The molecule has 1 aliphatic rings. The van der Waals surface area contributed by atoms with E-state index in [1.807, 2.05) is 47.9 Å². The quantitative estimate of drug-likeness (QED) is 0.554. The highest BCUT2D eigenvalue weighted by atomic mass is 35.5. The van der Waals surface area contributed by atoms with Crippen LogP contribution in [0.3, 0.4) is 0 Å². The Morgan fingerprint density at radius 1 is 1.25 bits per heavy atom. The molecular weight excluding hydrogens is 383 g/mol. The predicted molar refractivity (Wildman–Crippen MR) is 100 cm³/mol. The molecule has 1 aromatic carbocycles. The highest BCUT2D eigenvalue weighted by molar-refractivity contribution is 8.00. The van der Waals surface area contributed by atoms with E-state index in [9.17, 15) is 0 Å². The Kier molecular flexibility index (Phi) is 4.88. The summed E-state index contributed by atoms with van der Waals surface area (Å²) in [7, 11) is 0. The maximum atomic E-state index is 6.28. The number of hydrogen-bond donors (Lipinski definition) is 0. The number of nitrogens with zero attached hydrogens (tertiary/aromatic N) is 2. The van der Waals surface area contributed by atoms with Crippen LogP contribution in [0.2, 0.25) is 9.36 Å². The van der Waals surface area contributed by atoms with Crippen LogP contribution in [-0.2, 0) is 17.9 Å². The van der Waals surface area contributed by atoms with Gasteiger partial charge in [0.15, 0.2) is 0 Å². The van der Waals surface area contributed by atoms with E-state index in [1.54, 1.807) is 6.20 Å². The molecule has 3 aromatic rings. The molecule has 3 nitrogen and oxygen atoms in total. The fourth-order valence-corrected chi connectivity index (χ4v) is 5.27. The summed E-state index contributed by atoms with van der Waals surface area (Å²) >= 11 is 15.8. The van der Waals surface area contributed by atoms with Crippen molar-refractivity contribution in [1.82, 2.24) is 9.55 Å². The number of thioether (sulfide) groups is 1. The second kappa shape index (κ2) is 7.10. The van der Waals surface area contributed by atoms with Gasteiger partial charge in [-0.25, -0.2) is 4.98 Å². The van der Waals surface area contributed by atoms with Crippen molar-refractivity contribution in [3.05, 3.63) is 68.9 Å². The molecule has 0 radical (unpaired) electrons. The van der Waals surface area contributed by atoms with Crippen molar-refractivity contribution in [2.75, 3.05) is 0 Å². The summed E-state index contributed by atoms with van der Waals surface area (Å²) in [5.41, 5.74) is 2.19. The molecule has 0 fully saturated rings. The largest absolute Gasteiger partial charge is 0.367 e. The van der Waals surface area contributed by atoms with Crippen LogP contribution in [0, 0.1) is 0 Å². The standard InChI is InChI=1S/C17H14Cl2N2OS2/c18-12-1-2-14-13(7-12)16(22-9-11-3-6-23-17(11)19)15(24-14)8-21-5-4-20-10-21/h1-7,10,15-16H,8-9H2. The van der Waals surface area contributed by atoms with E-state index in [2.05, 4.69) is 15.6 Å². The van der Waals surface area contributed by atoms with Crippen LogP contribution in [0.15, 0.2) is 53.3 Å². The van der Waals surface area contributed by atoms with Gasteiger partial charge in [0.2, 0.25) is 0 Å². The van der Waals surface area contributed by atoms with Crippen molar-refractivity contribution in [2.45, 2.75) is 29.4 Å². The Hall–Kier alpha value is -0.980. The lowest BCUT2D eigenvalue weighted by Gasteiger charge is -2.20. The highest BCUT2D eigenvalue weighted by Crippen LogP contribution is 2.48. The van der Waals surface area contributed by atoms with Crippen LogP contribution in [0.5, 0.6) is 0 Å². The summed E-state index contributed by atoms with van der Waals surface area (Å²) in [4.78, 5) is 5.35. The summed E-state index contributed by atoms with van der Waals surface area (Å²) in [6, 6.07) is 8.03. The Morgan fingerprint density at radius 2 is 2.17 bits per heavy atom. The van der Waals surface area contributed by atoms with Gasteiger partial charge in [0.1, 0.15) is 0 Å². The smallest absolute Gasteiger partial charge is 0.0983 e. The Balaban J connectivity index is 1.58. The molecular formula is C17H14Cl2N2OS2. The van der Waals surface area contributed by atoms with E-state index in [4.69, 9.17) is 27.9 Å². The van der Waals surface area contributed by atoms with Gasteiger partial charge in [-0.2, -0.15) is 0 Å². The fourth-order valence-electron chi connectivity index (χ4n) is 2.81. The molecule has 0 saturated carbocycles. The zero-order valence-corrected chi connectivity index (χ0v) is 15.7. The van der Waals surface area contributed by atoms with Crippen molar-refractivity contribution in [1.29, 1.82) is 0 Å². The van der Waals surface area contributed by atoms with Gasteiger partial charge >= 0.3 is 0 Å². The first kappa shape index (κ1) is 16.5. The molecule has 0 bridgehead atoms. The van der Waals surface area contributed by atoms with E-state index >= 15 is 0 Å². The second-order valence-electron chi connectivity index (χ2n) is 5.55. The lowest BCUT2D eigenvalue weighted by atomic mass is 10.1. The van der Waals surface area contributed by atoms with Crippen LogP contribution in [-0.4, -0.2) is 14.8 Å². The molecule has 0 N–H and O–H groups in total. The van der Waals surface area contributed by atoms with Crippen molar-refractivity contribution in [3.8, 4) is 0 Å². The Labute approximate surface area is 158 Å². The molecule has 4 rings (SSSR count). The first-order valence-electron chi connectivity index (χ1n) is 7.46. The van der Waals surface area contributed by atoms with Crippen LogP contribution < -0.4 is 0 Å². The Bertz CT molecular complexity index is 835. The minimum atomic E-state index is -0.0259. The normalized spacial score (nSPS) is 19.6. The molecule has 0 spiro atoms. The number of halogens is 2. The number of imidazole rings is 1. The maximum absolute atomic E-state index is 6.28. The number of fused-ring (bicyclic) bond motifs is 1. The molecule has 0 saturated heterocycles. The van der Waals surface area contributed by atoms with Gasteiger partial charge in [-0.15, -0.1) is 23.1 Å². The predicted octanol–water partition coefficient (Wildman–Crippen LogP) is 5.68. The minimum absolute atomic E-state index is 0.0259. The SMILES string of the molecule is Clc1ccc2c(c1)C(OCc1ccsc1Cl)C(Cn1ccnc1)S2. The highest BCUT2D eigenvalue weighted by Gasteiger charge is 2.34. The molecule has 2 aromatic heterocycles. The number of hydrogen-bond acceptors (Lipinski definition) is 4. The van der Waals surface area contributed by atoms with Crippen LogP contribution in [0.4, 0.5) is 0 Å². The average molecular weight is 397 g/mol. The summed E-state index contributed by atoms with van der Waals surface area (Å²) in [5.74, 6) is 0. The van der Waals surface area contributed by atoms with Gasteiger partial charge in [-0.3, -0.25) is 0 Å². The molecule has 24 heavy (non-hydrogen) atoms. The van der Waals surface area contributed by atoms with Crippen molar-refractivity contribution >= 4 is 46.3 Å². The van der Waals surface area contributed by atoms with Gasteiger partial charge in [0.05, 0.1) is 28.6 Å². The molecule has 0 aliphatic carbocycles. The first-order chi connectivity index (χ1) is 11.7. The molecule has 1 aliphatic heterocycles. The lowest BCUT2D eigenvalue weighted by molar-refractivity contribution is 0.0369. The van der Waals surface area contributed by atoms with E-state index in [1.165, 1.54) is 16.2 Å². The summed E-state index contributed by atoms with van der Waals surface area (Å²) in [5, 5.41) is 2.99. The second-order valence-corrected chi connectivity index (χ2v) is 8.78. The van der Waals surface area contributed by atoms with E-state index in [0.29, 0.717) is 6.61 Å². The number of aromatic nitrogens is 2. The maximum Gasteiger partial charge on any atom is 0.0983 e. The third-order valence-electron chi connectivity index (χ3n) is 3.96. The third kappa shape index (κ3) is 3.37. The van der Waals surface area contributed by atoms with Crippen molar-refractivity contribution in [3.63, 3.8) is 0 Å². The van der Waals surface area contributed by atoms with E-state index in [0.717, 1.165) is 27.0 Å². The van der Waals surface area contributed by atoms with E-state index < -0.39 is 0 Å². The van der Waals surface area contributed by atoms with Crippen LogP contribution in [0.25, 0.3) is 0 Å². The number of ether oxygens (including phenoxy) is 1. The van der Waals surface area contributed by atoms with Crippen LogP contribution in [0.1, 0.15) is 17.2 Å². The van der Waals surface area contributed by atoms with Crippen molar-refractivity contribution in [2.24, 2.45) is 0 Å². The van der Waals surface area contributed by atoms with Gasteiger partial charge in [-0.1, -0.05) is 23.2 Å². The zero-order chi connectivity index (χ0) is 16.5. The number of rotatable bonds is 5. The zero-order valence-electron chi connectivity index (χ0n) is 12.6. The van der Waals surface area contributed by atoms with Crippen molar-refractivity contribution < 1.29 is 4.74 Å². The topological polar surface area (TPSA) is 27.1 Å². The molecule has 124 valence electrons. The van der Waals surface area contributed by atoms with Gasteiger partial charge < -0.3 is 9.30 Å². The van der Waals surface area contributed by atoms with Gasteiger partial charge in [0.25, 0.3) is 0 Å². The average Bonchev–Trinajstić information content (AvgIpc) is 3.27. The van der Waals surface area contributed by atoms with Crippen LogP contribution >= 0.6 is 46.3 Å². The molecule has 2 atom stereocenters. The lowest BCUT2D eigenvalue weighted by Crippen LogP contribution is -2.19. The number of benzene rings is 1. The summed E-state index contributed by atoms with van der Waals surface area (Å²) < 4.78 is 9.15. The summed E-state index contributed by atoms with van der Waals surface area (Å²) in [6.07, 6.45) is 5.58. The van der Waals surface area contributed by atoms with E-state index in [-0.39, 0.29) is 11.4 Å². The molecule has 2 unspecified atom stereocenters. The van der Waals surface area contributed by atoms with Gasteiger partial charge in [0, 0.05) is 34.4 Å². The summed E-state index contributed by atoms with van der Waals surface area (Å²) in [6.45, 7) is 1.33. The number of thiophene rings is 1. The molecule has 7 heteroatoms. The van der Waals surface area contributed by atoms with Gasteiger partial charge in [-0.05, 0) is 35.2 Å². The third-order valence-corrected chi connectivity index (χ3v) is 6.77. The first-order valence-corrected chi connectivity index (χ1v) is 9.97.